The number of imidazole rings is 1. The highest BCUT2D eigenvalue weighted by Gasteiger charge is 2.10. The van der Waals surface area contributed by atoms with Gasteiger partial charge in [0.25, 0.3) is 5.91 Å². The molecule has 1 aromatic heterocycles. The smallest absolute Gasteiger partial charge is 0.251 e. The average Bonchev–Trinajstić information content (AvgIpc) is 3.13. The van der Waals surface area contributed by atoms with E-state index in [0.717, 1.165) is 35.4 Å². The van der Waals surface area contributed by atoms with Crippen molar-refractivity contribution in [1.82, 2.24) is 14.9 Å². The fourth-order valence-electron chi connectivity index (χ4n) is 3.14. The first-order valence-electron chi connectivity index (χ1n) is 9.62. The lowest BCUT2D eigenvalue weighted by atomic mass is 10.1. The van der Waals surface area contributed by atoms with Crippen molar-refractivity contribution >= 4 is 16.9 Å². The summed E-state index contributed by atoms with van der Waals surface area (Å²) in [5.74, 6) is 0.781. The number of methoxy groups -OCH3 is 1. The maximum absolute atomic E-state index is 12.4. The molecule has 5 nitrogen and oxygen atoms in total. The Kier molecular flexibility index (Phi) is 6.47. The molecule has 5 heteroatoms. The maximum atomic E-state index is 12.4. The van der Waals surface area contributed by atoms with Gasteiger partial charge in [0.1, 0.15) is 12.1 Å². The summed E-state index contributed by atoms with van der Waals surface area (Å²) >= 11 is 0. The van der Waals surface area contributed by atoms with Crippen LogP contribution in [-0.4, -0.2) is 29.1 Å². The topological polar surface area (TPSA) is 56.2 Å². The van der Waals surface area contributed by atoms with Gasteiger partial charge in [-0.1, -0.05) is 32.6 Å². The number of rotatable bonds is 9. The molecule has 0 aliphatic heterocycles. The van der Waals surface area contributed by atoms with Crippen LogP contribution in [0.2, 0.25) is 0 Å². The third-order valence-corrected chi connectivity index (χ3v) is 4.73. The number of nitrogens with zero attached hydrogens (tertiary/aromatic N) is 2. The van der Waals surface area contributed by atoms with E-state index in [9.17, 15) is 4.79 Å². The highest BCUT2D eigenvalue weighted by Crippen LogP contribution is 2.21. The van der Waals surface area contributed by atoms with Crippen LogP contribution in [0.1, 0.15) is 49.4 Å². The Bertz CT molecular complexity index is 884. The van der Waals surface area contributed by atoms with Crippen molar-refractivity contribution in [3.8, 4) is 11.4 Å². The van der Waals surface area contributed by atoms with E-state index in [4.69, 9.17) is 4.74 Å². The monoisotopic (exact) mass is 365 g/mol. The van der Waals surface area contributed by atoms with Crippen LogP contribution in [0.5, 0.6) is 5.75 Å². The molecule has 0 saturated heterocycles. The number of hydrogen-bond acceptors (Lipinski definition) is 3. The summed E-state index contributed by atoms with van der Waals surface area (Å²) in [5, 5.41) is 3.00. The zero-order valence-electron chi connectivity index (χ0n) is 16.1. The Hall–Kier alpha value is -2.82. The second kappa shape index (κ2) is 9.21. The van der Waals surface area contributed by atoms with Crippen molar-refractivity contribution in [2.45, 2.75) is 39.0 Å². The highest BCUT2D eigenvalue weighted by molar-refractivity contribution is 5.97. The standard InChI is InChI=1S/C22H27N3O2/c1-3-4-5-6-7-14-23-22(26)17-8-13-21-20(15-17)24-16-25(21)18-9-11-19(27-2)12-10-18/h8-13,15-16H,3-7,14H2,1-2H3,(H,23,26). The van der Waals surface area contributed by atoms with Crippen LogP contribution >= 0.6 is 0 Å². The summed E-state index contributed by atoms with van der Waals surface area (Å²) in [5.41, 5.74) is 3.43. The second-order valence-corrected chi connectivity index (χ2v) is 6.69. The molecule has 0 radical (unpaired) electrons. The van der Waals surface area contributed by atoms with E-state index in [2.05, 4.69) is 17.2 Å². The van der Waals surface area contributed by atoms with Gasteiger partial charge in [-0.15, -0.1) is 0 Å². The number of aromatic nitrogens is 2. The Morgan fingerprint density at radius 1 is 1.07 bits per heavy atom. The van der Waals surface area contributed by atoms with Gasteiger partial charge in [0.05, 0.1) is 18.1 Å². The van der Waals surface area contributed by atoms with Crippen molar-refractivity contribution in [3.05, 3.63) is 54.4 Å². The van der Waals surface area contributed by atoms with E-state index in [1.807, 2.05) is 47.0 Å². The fraction of sp³-hybridized carbons (Fsp3) is 0.364. The first kappa shape index (κ1) is 19.0. The first-order chi connectivity index (χ1) is 13.2. The van der Waals surface area contributed by atoms with Crippen LogP contribution in [0, 0.1) is 0 Å². The van der Waals surface area contributed by atoms with Crippen molar-refractivity contribution in [2.24, 2.45) is 0 Å². The van der Waals surface area contributed by atoms with Gasteiger partial charge in [0.2, 0.25) is 0 Å². The quantitative estimate of drug-likeness (QED) is 0.558. The van der Waals surface area contributed by atoms with Crippen LogP contribution in [-0.2, 0) is 0 Å². The average molecular weight is 365 g/mol. The molecular weight excluding hydrogens is 338 g/mol. The molecule has 0 saturated carbocycles. The van der Waals surface area contributed by atoms with E-state index in [1.54, 1.807) is 13.4 Å². The van der Waals surface area contributed by atoms with Gasteiger partial charge >= 0.3 is 0 Å². The summed E-state index contributed by atoms with van der Waals surface area (Å²) in [4.78, 5) is 16.8. The second-order valence-electron chi connectivity index (χ2n) is 6.69. The largest absolute Gasteiger partial charge is 0.497 e. The lowest BCUT2D eigenvalue weighted by molar-refractivity contribution is 0.0953. The molecule has 0 fully saturated rings. The lowest BCUT2D eigenvalue weighted by Crippen LogP contribution is -2.24. The Balaban J connectivity index is 1.66. The zero-order chi connectivity index (χ0) is 19.1. The summed E-state index contributed by atoms with van der Waals surface area (Å²) in [6.07, 6.45) is 7.71. The van der Waals surface area contributed by atoms with Crippen LogP contribution < -0.4 is 10.1 Å². The molecule has 27 heavy (non-hydrogen) atoms. The van der Waals surface area contributed by atoms with Crippen molar-refractivity contribution < 1.29 is 9.53 Å². The molecule has 0 aliphatic rings. The Labute approximate surface area is 160 Å². The third kappa shape index (κ3) is 4.67. The number of fused-ring (bicyclic) bond motifs is 1. The molecule has 0 bridgehead atoms. The summed E-state index contributed by atoms with van der Waals surface area (Å²) in [6.45, 7) is 2.93. The molecule has 0 spiro atoms. The van der Waals surface area contributed by atoms with Crippen molar-refractivity contribution in [2.75, 3.05) is 13.7 Å². The molecule has 1 N–H and O–H groups in total. The molecule has 0 aliphatic carbocycles. The van der Waals surface area contributed by atoms with E-state index in [-0.39, 0.29) is 5.91 Å². The molecule has 1 heterocycles. The molecule has 142 valence electrons. The number of nitrogens with one attached hydrogen (secondary N) is 1. The molecule has 0 unspecified atom stereocenters. The van der Waals surface area contributed by atoms with Crippen LogP contribution in [0.25, 0.3) is 16.7 Å². The van der Waals surface area contributed by atoms with Gasteiger partial charge in [-0.2, -0.15) is 0 Å². The Morgan fingerprint density at radius 2 is 1.85 bits per heavy atom. The van der Waals surface area contributed by atoms with Gasteiger partial charge in [0.15, 0.2) is 0 Å². The number of carbonyl (C=O) groups excluding carboxylic acids is 1. The van der Waals surface area contributed by atoms with E-state index in [0.29, 0.717) is 5.56 Å². The first-order valence-corrected chi connectivity index (χ1v) is 9.62. The number of amides is 1. The number of hydrogen-bond donors (Lipinski definition) is 1. The summed E-state index contributed by atoms with van der Waals surface area (Å²) in [7, 11) is 1.65. The van der Waals surface area contributed by atoms with Crippen LogP contribution in [0.3, 0.4) is 0 Å². The SMILES string of the molecule is CCCCCCCNC(=O)c1ccc2c(c1)ncn2-c1ccc(OC)cc1. The van der Waals surface area contributed by atoms with Crippen molar-refractivity contribution in [1.29, 1.82) is 0 Å². The fourth-order valence-corrected chi connectivity index (χ4v) is 3.14. The number of benzene rings is 2. The van der Waals surface area contributed by atoms with Gasteiger partial charge < -0.3 is 10.1 Å². The van der Waals surface area contributed by atoms with Crippen molar-refractivity contribution in [3.63, 3.8) is 0 Å². The van der Waals surface area contributed by atoms with Gasteiger partial charge in [0, 0.05) is 17.8 Å². The molecule has 1 amide bonds. The van der Waals surface area contributed by atoms with Crippen LogP contribution in [0.4, 0.5) is 0 Å². The predicted molar refractivity (Wildman–Crippen MR) is 109 cm³/mol. The number of ether oxygens (including phenoxy) is 1. The maximum Gasteiger partial charge on any atom is 0.251 e. The van der Waals surface area contributed by atoms with Gasteiger partial charge in [-0.25, -0.2) is 4.98 Å². The normalized spacial score (nSPS) is 10.9. The molecular formula is C22H27N3O2. The van der Waals surface area contributed by atoms with E-state index < -0.39 is 0 Å². The summed E-state index contributed by atoms with van der Waals surface area (Å²) in [6, 6.07) is 13.5. The molecule has 3 rings (SSSR count). The Morgan fingerprint density at radius 3 is 2.59 bits per heavy atom. The number of carbonyl (C=O) groups is 1. The van der Waals surface area contributed by atoms with Gasteiger partial charge in [-0.3, -0.25) is 9.36 Å². The molecule has 3 aromatic rings. The minimum atomic E-state index is -0.0358. The van der Waals surface area contributed by atoms with E-state index >= 15 is 0 Å². The zero-order valence-corrected chi connectivity index (χ0v) is 16.1. The minimum Gasteiger partial charge on any atom is -0.497 e. The minimum absolute atomic E-state index is 0.0358. The lowest BCUT2D eigenvalue weighted by Gasteiger charge is -2.07. The summed E-state index contributed by atoms with van der Waals surface area (Å²) < 4.78 is 7.21. The predicted octanol–water partition coefficient (Wildman–Crippen LogP) is 4.73. The third-order valence-electron chi connectivity index (χ3n) is 4.73. The highest BCUT2D eigenvalue weighted by atomic mass is 16.5. The molecule has 2 aromatic carbocycles. The van der Waals surface area contributed by atoms with Crippen LogP contribution in [0.15, 0.2) is 48.8 Å². The van der Waals surface area contributed by atoms with E-state index in [1.165, 1.54) is 25.7 Å². The van der Waals surface area contributed by atoms with Gasteiger partial charge in [-0.05, 0) is 48.9 Å². The number of unbranched alkanes of at least 4 members (excludes halogenated alkanes) is 4. The molecule has 0 atom stereocenters.